The molecular weight excluding hydrogens is 486 g/mol. The highest BCUT2D eigenvalue weighted by atomic mass is 16.5. The number of pyridine rings is 1. The van der Waals surface area contributed by atoms with E-state index in [1.807, 2.05) is 18.3 Å². The largest absolute Gasteiger partial charge is 0.377 e. The summed E-state index contributed by atoms with van der Waals surface area (Å²) in [4.78, 5) is 20.9. The van der Waals surface area contributed by atoms with E-state index >= 15 is 0 Å². The summed E-state index contributed by atoms with van der Waals surface area (Å²) in [5.41, 5.74) is 10.8. The minimum absolute atomic E-state index is 0.0294. The van der Waals surface area contributed by atoms with Gasteiger partial charge in [0.2, 0.25) is 5.91 Å². The average molecular weight is 530 g/mol. The van der Waals surface area contributed by atoms with Crippen molar-refractivity contribution in [3.05, 3.63) is 59.9 Å². The summed E-state index contributed by atoms with van der Waals surface area (Å²) >= 11 is 0. The molecule has 1 aromatic heterocycles. The number of benzene rings is 1. The maximum atomic E-state index is 13.7. The van der Waals surface area contributed by atoms with E-state index in [9.17, 15) is 4.79 Å². The van der Waals surface area contributed by atoms with Gasteiger partial charge < -0.3 is 15.0 Å². The third-order valence-electron chi connectivity index (χ3n) is 10.3. The molecule has 3 saturated heterocycles. The predicted molar refractivity (Wildman–Crippen MR) is 152 cm³/mol. The van der Waals surface area contributed by atoms with Crippen LogP contribution in [0.1, 0.15) is 87.5 Å². The Morgan fingerprint density at radius 2 is 1.72 bits per heavy atom. The summed E-state index contributed by atoms with van der Waals surface area (Å²) in [6, 6.07) is 17.0. The molecular formula is C32H43N5O2. The van der Waals surface area contributed by atoms with Gasteiger partial charge in [-0.1, -0.05) is 31.0 Å². The number of hydrogen-bond acceptors (Lipinski definition) is 6. The van der Waals surface area contributed by atoms with Crippen molar-refractivity contribution in [3.63, 3.8) is 0 Å². The maximum absolute atomic E-state index is 13.7. The lowest BCUT2D eigenvalue weighted by Crippen LogP contribution is -2.55. The summed E-state index contributed by atoms with van der Waals surface area (Å²) in [6.45, 7) is 1.70. The smallest absolute Gasteiger partial charge is 0.223 e. The number of hydrogen-bond donors (Lipinski definition) is 3. The lowest BCUT2D eigenvalue weighted by Gasteiger charge is -2.47. The molecule has 7 nitrogen and oxygen atoms in total. The Kier molecular flexibility index (Phi) is 7.31. The van der Waals surface area contributed by atoms with Crippen LogP contribution in [0.5, 0.6) is 0 Å². The third kappa shape index (κ3) is 5.09. The Labute approximate surface area is 232 Å². The highest BCUT2D eigenvalue weighted by Gasteiger charge is 2.43. The fourth-order valence-corrected chi connectivity index (χ4v) is 8.29. The van der Waals surface area contributed by atoms with Crippen molar-refractivity contribution < 1.29 is 9.53 Å². The van der Waals surface area contributed by atoms with Crippen LogP contribution in [-0.2, 0) is 9.53 Å². The van der Waals surface area contributed by atoms with Gasteiger partial charge in [-0.15, -0.1) is 0 Å². The second kappa shape index (κ2) is 11.2. The zero-order valence-electron chi connectivity index (χ0n) is 22.9. The van der Waals surface area contributed by atoms with Crippen molar-refractivity contribution >= 4 is 11.6 Å². The van der Waals surface area contributed by atoms with E-state index in [-0.39, 0.29) is 23.9 Å². The Bertz CT molecular complexity index is 1100. The molecule has 4 heterocycles. The lowest BCUT2D eigenvalue weighted by atomic mass is 9.74. The first-order valence-electron chi connectivity index (χ1n) is 15.4. The second-order valence-electron chi connectivity index (χ2n) is 12.6. The number of ether oxygens (including phenoxy) is 1. The van der Waals surface area contributed by atoms with Crippen molar-refractivity contribution in [2.24, 2.45) is 17.8 Å². The number of morpholine rings is 1. The minimum atomic E-state index is 0.0294. The Morgan fingerprint density at radius 3 is 2.46 bits per heavy atom. The van der Waals surface area contributed by atoms with Crippen LogP contribution in [0, 0.1) is 17.8 Å². The number of rotatable bonds is 6. The van der Waals surface area contributed by atoms with Crippen LogP contribution in [0.3, 0.4) is 0 Å². The fraction of sp³-hybridized carbons (Fsp3) is 0.625. The molecule has 0 radical (unpaired) electrons. The number of nitrogens with one attached hydrogen (secondary N) is 3. The number of amides is 1. The molecule has 5 aliphatic rings. The van der Waals surface area contributed by atoms with Crippen LogP contribution in [0.15, 0.2) is 48.7 Å². The number of fused-ring (bicyclic) bond motifs is 3. The van der Waals surface area contributed by atoms with Gasteiger partial charge in [-0.05, 0) is 93.0 Å². The molecule has 2 bridgehead atoms. The van der Waals surface area contributed by atoms with Gasteiger partial charge in [0, 0.05) is 23.8 Å². The van der Waals surface area contributed by atoms with Crippen molar-refractivity contribution in [1.29, 1.82) is 0 Å². The molecule has 1 amide bonds. The summed E-state index contributed by atoms with van der Waals surface area (Å²) in [7, 11) is 0. The predicted octanol–water partition coefficient (Wildman–Crippen LogP) is 4.82. The van der Waals surface area contributed by atoms with Crippen LogP contribution in [0.2, 0.25) is 0 Å². The highest BCUT2D eigenvalue weighted by molar-refractivity contribution is 5.79. The summed E-state index contributed by atoms with van der Waals surface area (Å²) < 4.78 is 5.86. The van der Waals surface area contributed by atoms with Crippen molar-refractivity contribution in [2.45, 2.75) is 94.4 Å². The maximum Gasteiger partial charge on any atom is 0.223 e. The van der Waals surface area contributed by atoms with Crippen molar-refractivity contribution in [2.75, 3.05) is 18.1 Å². The molecule has 0 spiro atoms. The van der Waals surface area contributed by atoms with Crippen LogP contribution in [-0.4, -0.2) is 42.2 Å². The van der Waals surface area contributed by atoms with Gasteiger partial charge in [-0.2, -0.15) is 0 Å². The Balaban J connectivity index is 1.04. The number of anilines is 1. The van der Waals surface area contributed by atoms with Gasteiger partial charge in [0.1, 0.15) is 0 Å². The number of carbonyl (C=O) groups excluding carboxylic acids is 1. The number of nitrogens with zero attached hydrogens (tertiary/aromatic N) is 2. The van der Waals surface area contributed by atoms with Gasteiger partial charge in [0.15, 0.2) is 0 Å². The quantitative estimate of drug-likeness (QED) is 0.498. The molecule has 1 aromatic carbocycles. The minimum Gasteiger partial charge on any atom is -0.377 e. The lowest BCUT2D eigenvalue weighted by molar-refractivity contribution is -0.127. The second-order valence-corrected chi connectivity index (χ2v) is 12.6. The molecule has 208 valence electrons. The van der Waals surface area contributed by atoms with Gasteiger partial charge in [0.05, 0.1) is 43.1 Å². The molecule has 7 atom stereocenters. The van der Waals surface area contributed by atoms with Crippen LogP contribution in [0.25, 0.3) is 0 Å². The van der Waals surface area contributed by atoms with E-state index in [2.05, 4.69) is 56.4 Å². The standard InChI is InChI=1S/C32H43N5O2/c38-32(34-31(21-6-1-2-7-21)29-10-3-4-17-33-29)23-13-16-28-27(18-23)30(36-35-28)22-11-14-24(15-12-22)37-25-8-5-9-26(37)20-39-19-25/h3-4,10-12,14-15,17,21,23,25-28,30-31,35-36H,1-2,5-9,13,16,18-20H2,(H,34,38)/t23?,25?,26?,27?,28?,30?,31-/m0/s1. The molecule has 3 N–H and O–H groups in total. The first-order chi connectivity index (χ1) is 19.2. The van der Waals surface area contributed by atoms with E-state index in [1.165, 1.54) is 56.2 Å². The SMILES string of the molecule is O=C(N[C@H](c1ccccn1)C1CCCC1)C1CCC2NNC(c3ccc(N4C5CCCC4COC5)cc3)C2C1. The van der Waals surface area contributed by atoms with Gasteiger partial charge >= 0.3 is 0 Å². The molecule has 7 rings (SSSR count). The molecule has 2 saturated carbocycles. The van der Waals surface area contributed by atoms with E-state index in [4.69, 9.17) is 4.74 Å². The summed E-state index contributed by atoms with van der Waals surface area (Å²) in [5.74, 6) is 1.17. The number of hydrazine groups is 1. The molecule has 2 aromatic rings. The normalized spacial score (nSPS) is 33.5. The van der Waals surface area contributed by atoms with E-state index in [1.54, 1.807) is 0 Å². The van der Waals surface area contributed by atoms with Crippen LogP contribution in [0.4, 0.5) is 5.69 Å². The number of aromatic nitrogens is 1. The molecule has 7 heteroatoms. The molecule has 2 aliphatic carbocycles. The van der Waals surface area contributed by atoms with Crippen LogP contribution < -0.4 is 21.1 Å². The zero-order valence-corrected chi connectivity index (χ0v) is 22.9. The van der Waals surface area contributed by atoms with Gasteiger partial charge in [-0.25, -0.2) is 5.43 Å². The topological polar surface area (TPSA) is 78.5 Å². The fourth-order valence-electron chi connectivity index (χ4n) is 8.29. The average Bonchev–Trinajstić information content (AvgIpc) is 3.66. The summed E-state index contributed by atoms with van der Waals surface area (Å²) in [6.07, 6.45) is 13.3. The number of piperidine rings is 1. The van der Waals surface area contributed by atoms with Gasteiger partial charge in [0.25, 0.3) is 0 Å². The molecule has 5 fully saturated rings. The number of carbonyl (C=O) groups is 1. The third-order valence-corrected chi connectivity index (χ3v) is 10.3. The van der Waals surface area contributed by atoms with E-state index in [0.29, 0.717) is 30.0 Å². The van der Waals surface area contributed by atoms with Gasteiger partial charge in [-0.3, -0.25) is 15.2 Å². The van der Waals surface area contributed by atoms with Crippen molar-refractivity contribution in [1.82, 2.24) is 21.2 Å². The van der Waals surface area contributed by atoms with E-state index in [0.717, 1.165) is 38.2 Å². The first-order valence-corrected chi connectivity index (χ1v) is 15.4. The summed E-state index contributed by atoms with van der Waals surface area (Å²) in [5, 5.41) is 3.48. The Hall–Kier alpha value is -2.48. The monoisotopic (exact) mass is 529 g/mol. The Morgan fingerprint density at radius 1 is 0.923 bits per heavy atom. The molecule has 39 heavy (non-hydrogen) atoms. The molecule has 3 aliphatic heterocycles. The molecule has 6 unspecified atom stereocenters. The zero-order chi connectivity index (χ0) is 26.2. The highest BCUT2D eigenvalue weighted by Crippen LogP contribution is 2.42. The van der Waals surface area contributed by atoms with Crippen LogP contribution >= 0.6 is 0 Å². The van der Waals surface area contributed by atoms with E-state index < -0.39 is 0 Å². The first kappa shape index (κ1) is 25.5. The van der Waals surface area contributed by atoms with Crippen molar-refractivity contribution in [3.8, 4) is 0 Å².